The summed E-state index contributed by atoms with van der Waals surface area (Å²) >= 11 is 0. The summed E-state index contributed by atoms with van der Waals surface area (Å²) in [6.45, 7) is 0. The lowest BCUT2D eigenvalue weighted by molar-refractivity contribution is 0.375. The van der Waals surface area contributed by atoms with Gasteiger partial charge < -0.3 is 20.1 Å². The highest BCUT2D eigenvalue weighted by molar-refractivity contribution is 5.51. The van der Waals surface area contributed by atoms with Crippen LogP contribution in [0.5, 0.6) is 28.7 Å². The van der Waals surface area contributed by atoms with Gasteiger partial charge in [-0.05, 0) is 36.4 Å². The fraction of sp³-hybridized carbons (Fsp3) is 0. The van der Waals surface area contributed by atoms with E-state index in [0.717, 1.165) is 0 Å². The maximum Gasteiger partial charge on any atom is 0.210 e. The fourth-order valence-electron chi connectivity index (χ4n) is 1.25. The van der Waals surface area contributed by atoms with Crippen LogP contribution in [0.25, 0.3) is 0 Å². The summed E-state index contributed by atoms with van der Waals surface area (Å²) in [4.78, 5) is 0. The van der Waals surface area contributed by atoms with Crippen LogP contribution in [0.3, 0.4) is 0 Å². The molecule has 0 heterocycles. The van der Waals surface area contributed by atoms with Gasteiger partial charge in [0.15, 0.2) is 11.5 Å². The van der Waals surface area contributed by atoms with Crippen LogP contribution in [0.4, 0.5) is 0 Å². The Balaban J connectivity index is 2.30. The molecule has 0 spiro atoms. The van der Waals surface area contributed by atoms with Crippen molar-refractivity contribution in [3.8, 4) is 28.7 Å². The van der Waals surface area contributed by atoms with Gasteiger partial charge in [-0.1, -0.05) is 6.07 Å². The lowest BCUT2D eigenvalue weighted by Gasteiger charge is -2.08. The molecule has 4 nitrogen and oxygen atoms in total. The molecule has 0 bridgehead atoms. The van der Waals surface area contributed by atoms with Gasteiger partial charge in [0.1, 0.15) is 11.5 Å². The summed E-state index contributed by atoms with van der Waals surface area (Å²) in [6, 6.07) is 10.3. The number of para-hydroxylation sites is 1. The maximum absolute atomic E-state index is 9.47. The van der Waals surface area contributed by atoms with Crippen LogP contribution in [0, 0.1) is 0 Å². The van der Waals surface area contributed by atoms with Gasteiger partial charge in [0, 0.05) is 0 Å². The van der Waals surface area contributed by atoms with E-state index in [1.54, 1.807) is 0 Å². The number of phenols is 3. The van der Waals surface area contributed by atoms with Crippen LogP contribution >= 0.6 is 0 Å². The van der Waals surface area contributed by atoms with Crippen molar-refractivity contribution in [2.45, 2.75) is 0 Å². The van der Waals surface area contributed by atoms with Crippen molar-refractivity contribution in [3.63, 3.8) is 0 Å². The molecular formula is C12H10O4. The Bertz CT molecular complexity index is 471. The summed E-state index contributed by atoms with van der Waals surface area (Å²) in [5.74, 6) is 0.234. The third-order valence-electron chi connectivity index (χ3n) is 2.03. The van der Waals surface area contributed by atoms with Crippen LogP contribution in [0.2, 0.25) is 0 Å². The molecular weight excluding hydrogens is 208 g/mol. The highest BCUT2D eigenvalue weighted by atomic mass is 16.5. The summed E-state index contributed by atoms with van der Waals surface area (Å²) in [7, 11) is 0. The molecule has 0 aliphatic rings. The third kappa shape index (κ3) is 2.00. The Hall–Kier alpha value is -2.36. The number of phenolic OH excluding ortho intramolecular Hbond substituents is 3. The van der Waals surface area contributed by atoms with E-state index >= 15 is 0 Å². The highest BCUT2D eigenvalue weighted by Crippen LogP contribution is 2.38. The fourth-order valence-corrected chi connectivity index (χ4v) is 1.25. The lowest BCUT2D eigenvalue weighted by Crippen LogP contribution is -1.85. The molecule has 0 radical (unpaired) electrons. The van der Waals surface area contributed by atoms with Crippen molar-refractivity contribution in [1.82, 2.24) is 0 Å². The minimum Gasteiger partial charge on any atom is -0.508 e. The minimum absolute atomic E-state index is 0.00631. The first-order valence-electron chi connectivity index (χ1n) is 4.64. The molecule has 0 amide bonds. The van der Waals surface area contributed by atoms with Gasteiger partial charge >= 0.3 is 0 Å². The van der Waals surface area contributed by atoms with Gasteiger partial charge in [-0.2, -0.15) is 0 Å². The molecule has 0 aliphatic heterocycles. The van der Waals surface area contributed by atoms with Crippen LogP contribution in [-0.2, 0) is 0 Å². The van der Waals surface area contributed by atoms with E-state index in [1.807, 2.05) is 0 Å². The maximum atomic E-state index is 9.47. The number of aromatic hydroxyl groups is 3. The molecule has 2 rings (SSSR count). The molecule has 2 aromatic rings. The van der Waals surface area contributed by atoms with Gasteiger partial charge in [-0.3, -0.25) is 0 Å². The van der Waals surface area contributed by atoms with E-state index in [9.17, 15) is 10.2 Å². The van der Waals surface area contributed by atoms with Gasteiger partial charge in [-0.15, -0.1) is 0 Å². The molecule has 0 saturated heterocycles. The highest BCUT2D eigenvalue weighted by Gasteiger charge is 2.08. The molecule has 0 unspecified atom stereocenters. The van der Waals surface area contributed by atoms with Crippen molar-refractivity contribution < 1.29 is 20.1 Å². The van der Waals surface area contributed by atoms with Crippen LogP contribution < -0.4 is 4.74 Å². The van der Waals surface area contributed by atoms with Crippen LogP contribution in [0.1, 0.15) is 0 Å². The monoisotopic (exact) mass is 218 g/mol. The molecule has 82 valence electrons. The Labute approximate surface area is 92.0 Å². The quantitative estimate of drug-likeness (QED) is 0.724. The molecule has 0 fully saturated rings. The Morgan fingerprint density at radius 2 is 1.31 bits per heavy atom. The smallest absolute Gasteiger partial charge is 0.210 e. The van der Waals surface area contributed by atoms with Gasteiger partial charge in [0.05, 0.1) is 0 Å². The predicted molar refractivity (Wildman–Crippen MR) is 58.0 cm³/mol. The summed E-state index contributed by atoms with van der Waals surface area (Å²) < 4.78 is 5.28. The first-order valence-corrected chi connectivity index (χ1v) is 4.64. The number of hydrogen-bond acceptors (Lipinski definition) is 4. The molecule has 16 heavy (non-hydrogen) atoms. The van der Waals surface area contributed by atoms with Crippen LogP contribution in [-0.4, -0.2) is 15.3 Å². The van der Waals surface area contributed by atoms with Crippen molar-refractivity contribution in [1.29, 1.82) is 0 Å². The number of ether oxygens (including phenoxy) is 1. The largest absolute Gasteiger partial charge is 0.508 e. The second kappa shape index (κ2) is 4.02. The minimum atomic E-state index is -0.145. The van der Waals surface area contributed by atoms with Crippen molar-refractivity contribution >= 4 is 0 Å². The van der Waals surface area contributed by atoms with Crippen molar-refractivity contribution in [3.05, 3.63) is 42.5 Å². The first kappa shape index (κ1) is 10.2. The zero-order valence-electron chi connectivity index (χ0n) is 8.29. The summed E-state index contributed by atoms with van der Waals surface area (Å²) in [5, 5.41) is 28.0. The van der Waals surface area contributed by atoms with E-state index in [4.69, 9.17) is 9.84 Å². The van der Waals surface area contributed by atoms with E-state index in [0.29, 0.717) is 5.75 Å². The second-order valence-corrected chi connectivity index (χ2v) is 3.22. The normalized spacial score (nSPS) is 10.0. The molecule has 0 aliphatic carbocycles. The molecule has 0 saturated carbocycles. The van der Waals surface area contributed by atoms with Crippen LogP contribution in [0.15, 0.2) is 42.5 Å². The standard InChI is InChI=1S/C12H10O4/c13-8-4-6-9(7-5-8)16-12-10(14)2-1-3-11(12)15/h1-7,13-15H. The van der Waals surface area contributed by atoms with Crippen molar-refractivity contribution in [2.75, 3.05) is 0 Å². The third-order valence-corrected chi connectivity index (χ3v) is 2.03. The van der Waals surface area contributed by atoms with Gasteiger partial charge in [0.25, 0.3) is 0 Å². The predicted octanol–water partition coefficient (Wildman–Crippen LogP) is 2.60. The Kier molecular flexibility index (Phi) is 2.55. The summed E-state index contributed by atoms with van der Waals surface area (Å²) in [6.07, 6.45) is 0. The Morgan fingerprint density at radius 1 is 0.750 bits per heavy atom. The number of rotatable bonds is 2. The lowest BCUT2D eigenvalue weighted by atomic mass is 10.3. The van der Waals surface area contributed by atoms with E-state index in [2.05, 4.69) is 0 Å². The molecule has 0 atom stereocenters. The molecule has 2 aromatic carbocycles. The Morgan fingerprint density at radius 3 is 1.88 bits per heavy atom. The van der Waals surface area contributed by atoms with Crippen molar-refractivity contribution in [2.24, 2.45) is 0 Å². The second-order valence-electron chi connectivity index (χ2n) is 3.22. The zero-order valence-corrected chi connectivity index (χ0v) is 8.29. The molecule has 0 aromatic heterocycles. The van der Waals surface area contributed by atoms with Gasteiger partial charge in [-0.25, -0.2) is 0 Å². The topological polar surface area (TPSA) is 69.9 Å². The average Bonchev–Trinajstić information content (AvgIpc) is 2.26. The van der Waals surface area contributed by atoms with Gasteiger partial charge in [0.2, 0.25) is 5.75 Å². The summed E-state index contributed by atoms with van der Waals surface area (Å²) in [5.41, 5.74) is 0. The van der Waals surface area contributed by atoms with E-state index < -0.39 is 0 Å². The number of benzene rings is 2. The molecule has 4 heteroatoms. The van der Waals surface area contributed by atoms with E-state index in [-0.39, 0.29) is 23.0 Å². The molecule has 3 N–H and O–H groups in total. The average molecular weight is 218 g/mol. The SMILES string of the molecule is Oc1ccc(Oc2c(O)cccc2O)cc1. The zero-order chi connectivity index (χ0) is 11.5. The number of hydrogen-bond donors (Lipinski definition) is 3. The first-order chi connectivity index (χ1) is 7.66. The van der Waals surface area contributed by atoms with E-state index in [1.165, 1.54) is 42.5 Å².